The number of hydrogen-bond donors (Lipinski definition) is 1. The minimum absolute atomic E-state index is 0.244. The monoisotopic (exact) mass is 311 g/mol. The lowest BCUT2D eigenvalue weighted by Gasteiger charge is -2.37. The van der Waals surface area contributed by atoms with Crippen molar-refractivity contribution in [2.45, 2.75) is 58.4 Å². The van der Waals surface area contributed by atoms with Gasteiger partial charge in [0.25, 0.3) is 0 Å². The maximum atomic E-state index is 13.3. The minimum atomic E-state index is -0.323. The van der Waals surface area contributed by atoms with Gasteiger partial charge < -0.3 is 5.32 Å². The lowest BCUT2D eigenvalue weighted by Crippen LogP contribution is -2.41. The van der Waals surface area contributed by atoms with E-state index in [0.717, 1.165) is 24.4 Å². The summed E-state index contributed by atoms with van der Waals surface area (Å²) < 4.78 is 13.3. The average Bonchev–Trinajstić information content (AvgIpc) is 2.46. The molecule has 3 unspecified atom stereocenters. The van der Waals surface area contributed by atoms with E-state index in [9.17, 15) is 4.39 Å². The number of rotatable bonds is 6. The van der Waals surface area contributed by atoms with E-state index in [1.165, 1.54) is 38.2 Å². The second kappa shape index (κ2) is 8.14. The van der Waals surface area contributed by atoms with Gasteiger partial charge in [-0.2, -0.15) is 0 Å². The van der Waals surface area contributed by atoms with Gasteiger partial charge in [-0.3, -0.25) is 0 Å². The predicted molar refractivity (Wildman–Crippen MR) is 88.3 cm³/mol. The Hall–Kier alpha value is -0.600. The Labute approximate surface area is 133 Å². The second-order valence-electron chi connectivity index (χ2n) is 6.34. The van der Waals surface area contributed by atoms with Crippen molar-refractivity contribution < 1.29 is 4.39 Å². The van der Waals surface area contributed by atoms with Crippen molar-refractivity contribution in [3.05, 3.63) is 34.6 Å². The highest BCUT2D eigenvalue weighted by Gasteiger charge is 2.29. The van der Waals surface area contributed by atoms with Crippen LogP contribution in [0.25, 0.3) is 0 Å². The van der Waals surface area contributed by atoms with Gasteiger partial charge in [-0.05, 0) is 61.8 Å². The largest absolute Gasteiger partial charge is 0.314 e. The first-order valence-corrected chi connectivity index (χ1v) is 8.69. The van der Waals surface area contributed by atoms with Gasteiger partial charge in [0.2, 0.25) is 0 Å². The van der Waals surface area contributed by atoms with Crippen molar-refractivity contribution in [2.24, 2.45) is 11.8 Å². The van der Waals surface area contributed by atoms with Gasteiger partial charge >= 0.3 is 0 Å². The summed E-state index contributed by atoms with van der Waals surface area (Å²) in [6.45, 7) is 5.46. The molecule has 1 aromatic carbocycles. The van der Waals surface area contributed by atoms with Gasteiger partial charge in [-0.25, -0.2) is 4.39 Å². The molecule has 21 heavy (non-hydrogen) atoms. The number of hydrogen-bond acceptors (Lipinski definition) is 1. The standard InChI is InChI=1S/C18H27ClFN/c1-3-5-13-7-9-18(21-4-2)15(10-13)11-14-6-8-17(20)16(19)12-14/h6,8,12-13,15,18,21H,3-5,7,9-11H2,1-2H3. The Bertz CT molecular complexity index is 449. The van der Waals surface area contributed by atoms with Gasteiger partial charge in [0, 0.05) is 6.04 Å². The molecule has 3 atom stereocenters. The van der Waals surface area contributed by atoms with Gasteiger partial charge in [-0.1, -0.05) is 44.4 Å². The zero-order chi connectivity index (χ0) is 15.2. The molecule has 3 heteroatoms. The van der Waals surface area contributed by atoms with E-state index in [-0.39, 0.29) is 10.8 Å². The molecule has 1 aromatic rings. The summed E-state index contributed by atoms with van der Waals surface area (Å²) in [6, 6.07) is 5.76. The first-order chi connectivity index (χ1) is 10.1. The van der Waals surface area contributed by atoms with Crippen molar-refractivity contribution in [1.82, 2.24) is 5.32 Å². The van der Waals surface area contributed by atoms with Crippen LogP contribution in [0.15, 0.2) is 18.2 Å². The van der Waals surface area contributed by atoms with Crippen molar-refractivity contribution >= 4 is 11.6 Å². The summed E-state index contributed by atoms with van der Waals surface area (Å²) in [4.78, 5) is 0. The van der Waals surface area contributed by atoms with Crippen LogP contribution in [0.3, 0.4) is 0 Å². The van der Waals surface area contributed by atoms with Crippen molar-refractivity contribution in [3.63, 3.8) is 0 Å². The minimum Gasteiger partial charge on any atom is -0.314 e. The molecular weight excluding hydrogens is 285 g/mol. The van der Waals surface area contributed by atoms with Crippen LogP contribution in [0.1, 0.15) is 51.5 Å². The molecule has 0 spiro atoms. The normalized spacial score (nSPS) is 26.0. The highest BCUT2D eigenvalue weighted by atomic mass is 35.5. The second-order valence-corrected chi connectivity index (χ2v) is 6.75. The van der Waals surface area contributed by atoms with E-state index in [2.05, 4.69) is 19.2 Å². The van der Waals surface area contributed by atoms with E-state index >= 15 is 0 Å². The number of benzene rings is 1. The SMILES string of the molecule is CCCC1CCC(NCC)C(Cc2ccc(F)c(Cl)c2)C1. The van der Waals surface area contributed by atoms with Crippen LogP contribution >= 0.6 is 11.6 Å². The smallest absolute Gasteiger partial charge is 0.141 e. The molecule has 2 rings (SSSR count). The fraction of sp³-hybridized carbons (Fsp3) is 0.667. The topological polar surface area (TPSA) is 12.0 Å². The highest BCUT2D eigenvalue weighted by molar-refractivity contribution is 6.30. The molecule has 0 radical (unpaired) electrons. The van der Waals surface area contributed by atoms with E-state index in [1.54, 1.807) is 6.07 Å². The molecule has 1 aliphatic carbocycles. The molecule has 0 aliphatic heterocycles. The number of nitrogens with one attached hydrogen (secondary N) is 1. The molecule has 1 fully saturated rings. The third-order valence-electron chi connectivity index (χ3n) is 4.74. The van der Waals surface area contributed by atoms with E-state index in [1.807, 2.05) is 6.07 Å². The van der Waals surface area contributed by atoms with Crippen LogP contribution in [0, 0.1) is 17.7 Å². The lowest BCUT2D eigenvalue weighted by molar-refractivity contribution is 0.195. The zero-order valence-electron chi connectivity index (χ0n) is 13.2. The molecule has 1 saturated carbocycles. The Morgan fingerprint density at radius 2 is 2.10 bits per heavy atom. The van der Waals surface area contributed by atoms with Crippen molar-refractivity contribution in [2.75, 3.05) is 6.54 Å². The summed E-state index contributed by atoms with van der Waals surface area (Å²) in [5, 5.41) is 3.88. The van der Waals surface area contributed by atoms with Gasteiger partial charge in [0.15, 0.2) is 0 Å². The van der Waals surface area contributed by atoms with E-state index < -0.39 is 0 Å². The predicted octanol–water partition coefficient (Wildman–Crippen LogP) is 5.22. The van der Waals surface area contributed by atoms with Crippen LogP contribution in [0.5, 0.6) is 0 Å². The maximum Gasteiger partial charge on any atom is 0.141 e. The van der Waals surface area contributed by atoms with Crippen LogP contribution < -0.4 is 5.32 Å². The van der Waals surface area contributed by atoms with Gasteiger partial charge in [-0.15, -0.1) is 0 Å². The first-order valence-electron chi connectivity index (χ1n) is 8.31. The molecule has 0 amide bonds. The van der Waals surface area contributed by atoms with Crippen LogP contribution in [0.4, 0.5) is 4.39 Å². The molecule has 0 saturated heterocycles. The number of halogens is 2. The lowest BCUT2D eigenvalue weighted by atomic mass is 9.74. The fourth-order valence-electron chi connectivity index (χ4n) is 3.76. The third-order valence-corrected chi connectivity index (χ3v) is 5.03. The summed E-state index contributed by atoms with van der Waals surface area (Å²) in [7, 11) is 0. The molecular formula is C18H27ClFN. The van der Waals surface area contributed by atoms with Crippen LogP contribution in [-0.2, 0) is 6.42 Å². The molecule has 0 heterocycles. The summed E-state index contributed by atoms with van der Waals surface area (Å²) in [5.74, 6) is 1.17. The first kappa shape index (κ1) is 16.8. The molecule has 1 aliphatic rings. The zero-order valence-corrected chi connectivity index (χ0v) is 13.9. The molecule has 118 valence electrons. The van der Waals surface area contributed by atoms with Gasteiger partial charge in [0.05, 0.1) is 5.02 Å². The molecule has 1 N–H and O–H groups in total. The van der Waals surface area contributed by atoms with Crippen LogP contribution in [0.2, 0.25) is 5.02 Å². The van der Waals surface area contributed by atoms with Crippen molar-refractivity contribution in [1.29, 1.82) is 0 Å². The maximum absolute atomic E-state index is 13.3. The Morgan fingerprint density at radius 3 is 2.76 bits per heavy atom. The third kappa shape index (κ3) is 4.69. The fourth-order valence-corrected chi connectivity index (χ4v) is 3.96. The summed E-state index contributed by atoms with van der Waals surface area (Å²) >= 11 is 5.92. The summed E-state index contributed by atoms with van der Waals surface area (Å²) in [6.07, 6.45) is 7.48. The highest BCUT2D eigenvalue weighted by Crippen LogP contribution is 2.34. The molecule has 0 bridgehead atoms. The summed E-state index contributed by atoms with van der Waals surface area (Å²) in [5.41, 5.74) is 1.16. The Morgan fingerprint density at radius 1 is 1.29 bits per heavy atom. The Balaban J connectivity index is 2.05. The van der Waals surface area contributed by atoms with E-state index in [0.29, 0.717) is 12.0 Å². The Kier molecular flexibility index (Phi) is 6.50. The van der Waals surface area contributed by atoms with Gasteiger partial charge in [0.1, 0.15) is 5.82 Å². The molecule has 0 aromatic heterocycles. The van der Waals surface area contributed by atoms with Crippen LogP contribution in [-0.4, -0.2) is 12.6 Å². The van der Waals surface area contributed by atoms with Crippen molar-refractivity contribution in [3.8, 4) is 0 Å². The average molecular weight is 312 g/mol. The molecule has 1 nitrogen and oxygen atoms in total. The quantitative estimate of drug-likeness (QED) is 0.760. The van der Waals surface area contributed by atoms with E-state index in [4.69, 9.17) is 11.6 Å².